The summed E-state index contributed by atoms with van der Waals surface area (Å²) in [5.41, 5.74) is 0. The molecule has 0 unspecified atom stereocenters. The predicted octanol–water partition coefficient (Wildman–Crippen LogP) is 1.08. The molecule has 0 saturated carbocycles. The maximum absolute atomic E-state index is 9.05. The van der Waals surface area contributed by atoms with Crippen LogP contribution in [0.1, 0.15) is 6.92 Å². The van der Waals surface area contributed by atoms with Gasteiger partial charge in [0.1, 0.15) is 0 Å². The molecule has 0 saturated heterocycles. The Kier molecular flexibility index (Phi) is 3.95. The number of hydrogen-bond acceptors (Lipinski definition) is 6. The van der Waals surface area contributed by atoms with E-state index in [1.807, 2.05) is 19.0 Å². The van der Waals surface area contributed by atoms with Crippen molar-refractivity contribution >= 4 is 28.2 Å². The molecule has 0 aliphatic rings. The van der Waals surface area contributed by atoms with Gasteiger partial charge in [-0.1, -0.05) is 23.1 Å². The molecule has 0 aliphatic carbocycles. The third-order valence-corrected chi connectivity index (χ3v) is 3.69. The monoisotopic (exact) mass is 219 g/mol. The molecule has 6 heteroatoms. The maximum atomic E-state index is 9.05. The van der Waals surface area contributed by atoms with Gasteiger partial charge in [0, 0.05) is 19.8 Å². The lowest BCUT2D eigenvalue weighted by Gasteiger charge is -2.03. The van der Waals surface area contributed by atoms with Crippen molar-refractivity contribution in [2.75, 3.05) is 24.7 Å². The van der Waals surface area contributed by atoms with Gasteiger partial charge >= 0.3 is 0 Å². The lowest BCUT2D eigenvalue weighted by atomic mass is 10.5. The van der Waals surface area contributed by atoms with Crippen LogP contribution in [0.5, 0.6) is 0 Å². The quantitative estimate of drug-likeness (QED) is 0.768. The van der Waals surface area contributed by atoms with E-state index in [2.05, 4.69) is 10.2 Å². The molecular formula is C7H13N3OS2. The van der Waals surface area contributed by atoms with Crippen LogP contribution in [0.4, 0.5) is 5.13 Å². The summed E-state index contributed by atoms with van der Waals surface area (Å²) in [6, 6.07) is 0. The Labute approximate surface area is 86.0 Å². The molecule has 0 radical (unpaired) electrons. The van der Waals surface area contributed by atoms with Crippen molar-refractivity contribution in [3.8, 4) is 0 Å². The van der Waals surface area contributed by atoms with Gasteiger partial charge in [0.05, 0.1) is 6.10 Å². The second-order valence-corrected chi connectivity index (χ2v) is 5.13. The zero-order valence-corrected chi connectivity index (χ0v) is 9.52. The molecule has 0 fully saturated rings. The Morgan fingerprint density at radius 1 is 1.54 bits per heavy atom. The van der Waals surface area contributed by atoms with Gasteiger partial charge in [0.15, 0.2) is 4.34 Å². The lowest BCUT2D eigenvalue weighted by molar-refractivity contribution is 0.220. The number of rotatable bonds is 4. The Morgan fingerprint density at radius 3 is 2.69 bits per heavy atom. The molecule has 74 valence electrons. The summed E-state index contributed by atoms with van der Waals surface area (Å²) in [5, 5.41) is 17.9. The van der Waals surface area contributed by atoms with Gasteiger partial charge in [0.25, 0.3) is 0 Å². The highest BCUT2D eigenvalue weighted by Crippen LogP contribution is 2.26. The van der Waals surface area contributed by atoms with E-state index in [1.54, 1.807) is 6.92 Å². The van der Waals surface area contributed by atoms with Gasteiger partial charge in [-0.25, -0.2) is 0 Å². The number of aromatic nitrogens is 2. The van der Waals surface area contributed by atoms with Crippen LogP contribution in [0, 0.1) is 0 Å². The topological polar surface area (TPSA) is 49.3 Å². The maximum Gasteiger partial charge on any atom is 0.208 e. The van der Waals surface area contributed by atoms with Crippen LogP contribution in [-0.2, 0) is 0 Å². The van der Waals surface area contributed by atoms with Gasteiger partial charge in [-0.3, -0.25) is 0 Å². The molecule has 0 spiro atoms. The van der Waals surface area contributed by atoms with E-state index in [9.17, 15) is 0 Å². The van der Waals surface area contributed by atoms with Crippen molar-refractivity contribution in [2.24, 2.45) is 0 Å². The van der Waals surface area contributed by atoms with E-state index in [-0.39, 0.29) is 6.10 Å². The SMILES string of the molecule is C[C@H](O)CSc1nnc(N(C)C)s1. The van der Waals surface area contributed by atoms with Crippen LogP contribution in [0.2, 0.25) is 0 Å². The van der Waals surface area contributed by atoms with E-state index in [0.717, 1.165) is 9.47 Å². The van der Waals surface area contributed by atoms with Gasteiger partial charge in [0.2, 0.25) is 5.13 Å². The van der Waals surface area contributed by atoms with Crippen LogP contribution < -0.4 is 4.90 Å². The van der Waals surface area contributed by atoms with Crippen molar-refractivity contribution in [1.82, 2.24) is 10.2 Å². The molecule has 4 nitrogen and oxygen atoms in total. The van der Waals surface area contributed by atoms with Crippen LogP contribution in [-0.4, -0.2) is 41.3 Å². The fourth-order valence-electron chi connectivity index (χ4n) is 0.633. The molecule has 1 N–H and O–H groups in total. The molecule has 1 aromatic rings. The summed E-state index contributed by atoms with van der Waals surface area (Å²) in [5.74, 6) is 0.669. The van der Waals surface area contributed by atoms with E-state index in [0.29, 0.717) is 5.75 Å². The highest BCUT2D eigenvalue weighted by atomic mass is 32.2. The molecule has 0 aliphatic heterocycles. The molecule has 1 rings (SSSR count). The first-order valence-corrected chi connectivity index (χ1v) is 5.71. The van der Waals surface area contributed by atoms with Crippen LogP contribution in [0.15, 0.2) is 4.34 Å². The number of nitrogens with zero attached hydrogens (tertiary/aromatic N) is 3. The van der Waals surface area contributed by atoms with Crippen molar-refractivity contribution in [3.05, 3.63) is 0 Å². The smallest absolute Gasteiger partial charge is 0.208 e. The van der Waals surface area contributed by atoms with Crippen LogP contribution in [0.25, 0.3) is 0 Å². The Balaban J connectivity index is 2.49. The predicted molar refractivity (Wildman–Crippen MR) is 56.6 cm³/mol. The number of thioether (sulfide) groups is 1. The zero-order chi connectivity index (χ0) is 9.84. The van der Waals surface area contributed by atoms with Crippen molar-refractivity contribution in [2.45, 2.75) is 17.4 Å². The standard InChI is InChI=1S/C7H13N3OS2/c1-5(11)4-12-7-9-8-6(13-7)10(2)3/h5,11H,4H2,1-3H3/t5-/m0/s1. The summed E-state index contributed by atoms with van der Waals surface area (Å²) >= 11 is 3.07. The molecule has 0 aromatic carbocycles. The molecule has 0 bridgehead atoms. The molecule has 13 heavy (non-hydrogen) atoms. The molecular weight excluding hydrogens is 206 g/mol. The minimum Gasteiger partial charge on any atom is -0.393 e. The van der Waals surface area contributed by atoms with Gasteiger partial charge in [-0.2, -0.15) is 0 Å². The molecule has 1 heterocycles. The average Bonchev–Trinajstić information content (AvgIpc) is 2.48. The first-order valence-electron chi connectivity index (χ1n) is 3.91. The molecule has 0 amide bonds. The van der Waals surface area contributed by atoms with E-state index in [4.69, 9.17) is 5.11 Å². The third kappa shape index (κ3) is 3.50. The minimum atomic E-state index is -0.295. The first-order chi connectivity index (χ1) is 6.09. The second kappa shape index (κ2) is 4.78. The molecule has 1 atom stereocenters. The highest BCUT2D eigenvalue weighted by Gasteiger charge is 2.06. The van der Waals surface area contributed by atoms with Crippen LogP contribution in [0.3, 0.4) is 0 Å². The Bertz CT molecular complexity index is 262. The second-order valence-electron chi connectivity index (χ2n) is 2.90. The van der Waals surface area contributed by atoms with Gasteiger partial charge < -0.3 is 10.0 Å². The third-order valence-electron chi connectivity index (χ3n) is 1.23. The zero-order valence-electron chi connectivity index (χ0n) is 7.89. The molecule has 1 aromatic heterocycles. The van der Waals surface area contributed by atoms with Crippen molar-refractivity contribution < 1.29 is 5.11 Å². The van der Waals surface area contributed by atoms with Crippen molar-refractivity contribution in [3.63, 3.8) is 0 Å². The number of anilines is 1. The number of aliphatic hydroxyl groups excluding tert-OH is 1. The van der Waals surface area contributed by atoms with Gasteiger partial charge in [-0.05, 0) is 6.92 Å². The van der Waals surface area contributed by atoms with Gasteiger partial charge in [-0.15, -0.1) is 10.2 Å². The van der Waals surface area contributed by atoms with E-state index in [1.165, 1.54) is 23.1 Å². The average molecular weight is 219 g/mol. The lowest BCUT2D eigenvalue weighted by Crippen LogP contribution is -2.07. The number of hydrogen-bond donors (Lipinski definition) is 1. The summed E-state index contributed by atoms with van der Waals surface area (Å²) in [6.45, 7) is 1.76. The van der Waals surface area contributed by atoms with Crippen molar-refractivity contribution in [1.29, 1.82) is 0 Å². The normalized spacial score (nSPS) is 12.9. The minimum absolute atomic E-state index is 0.295. The Morgan fingerprint density at radius 2 is 2.23 bits per heavy atom. The fraction of sp³-hybridized carbons (Fsp3) is 0.714. The summed E-state index contributed by atoms with van der Waals surface area (Å²) < 4.78 is 0.907. The first kappa shape index (κ1) is 10.7. The summed E-state index contributed by atoms with van der Waals surface area (Å²) in [4.78, 5) is 1.92. The van der Waals surface area contributed by atoms with Crippen LogP contribution >= 0.6 is 23.1 Å². The summed E-state index contributed by atoms with van der Waals surface area (Å²) in [6.07, 6.45) is -0.295. The van der Waals surface area contributed by atoms with E-state index >= 15 is 0 Å². The summed E-state index contributed by atoms with van der Waals surface area (Å²) in [7, 11) is 3.87. The fourth-order valence-corrected chi connectivity index (χ4v) is 2.28. The number of aliphatic hydroxyl groups is 1. The largest absolute Gasteiger partial charge is 0.393 e. The highest BCUT2D eigenvalue weighted by molar-refractivity contribution is 8.01. The van der Waals surface area contributed by atoms with E-state index < -0.39 is 0 Å². The Hall–Kier alpha value is -0.330.